The Labute approximate surface area is 119 Å². The maximum Gasteiger partial charge on any atom is 0.256 e. The van der Waals surface area contributed by atoms with Gasteiger partial charge in [0.25, 0.3) is 5.91 Å². The largest absolute Gasteiger partial charge is 0.480 e. The molecule has 1 fully saturated rings. The molecule has 1 aromatic heterocycles. The quantitative estimate of drug-likeness (QED) is 0.895. The Morgan fingerprint density at radius 2 is 2.30 bits per heavy atom. The predicted octanol–water partition coefficient (Wildman–Crippen LogP) is 2.03. The molecule has 1 saturated heterocycles. The van der Waals surface area contributed by atoms with Crippen molar-refractivity contribution in [3.8, 4) is 5.88 Å². The smallest absolute Gasteiger partial charge is 0.256 e. The average molecular weight is 278 g/mol. The first kappa shape index (κ1) is 14.8. The van der Waals surface area contributed by atoms with Crippen molar-refractivity contribution in [1.82, 2.24) is 10.3 Å². The number of nitrogens with one attached hydrogen (secondary N) is 1. The number of hydrogen-bond acceptors (Lipinski definition) is 4. The lowest BCUT2D eigenvalue weighted by molar-refractivity contribution is 0.0510. The zero-order chi connectivity index (χ0) is 14.4. The lowest BCUT2D eigenvalue weighted by Gasteiger charge is -2.30. The molecule has 20 heavy (non-hydrogen) atoms. The molecular weight excluding hydrogens is 256 g/mol. The Hall–Kier alpha value is -1.62. The third kappa shape index (κ3) is 3.48. The van der Waals surface area contributed by atoms with Gasteiger partial charge in [0.05, 0.1) is 7.11 Å². The molecule has 1 aliphatic rings. The van der Waals surface area contributed by atoms with E-state index in [2.05, 4.69) is 17.2 Å². The van der Waals surface area contributed by atoms with Gasteiger partial charge in [-0.25, -0.2) is 4.98 Å². The van der Waals surface area contributed by atoms with Crippen LogP contribution in [0, 0.1) is 5.92 Å². The van der Waals surface area contributed by atoms with Gasteiger partial charge in [-0.2, -0.15) is 0 Å². The van der Waals surface area contributed by atoms with Crippen LogP contribution in [-0.4, -0.2) is 37.3 Å². The van der Waals surface area contributed by atoms with E-state index in [4.69, 9.17) is 9.47 Å². The first-order chi connectivity index (χ1) is 9.76. The van der Waals surface area contributed by atoms with Crippen molar-refractivity contribution in [3.05, 3.63) is 23.9 Å². The fourth-order valence-corrected chi connectivity index (χ4v) is 2.64. The number of ether oxygens (including phenoxy) is 2. The summed E-state index contributed by atoms with van der Waals surface area (Å²) in [6.45, 7) is 3.67. The number of hydrogen-bond donors (Lipinski definition) is 1. The van der Waals surface area contributed by atoms with Crippen LogP contribution in [0.15, 0.2) is 18.3 Å². The molecule has 0 bridgehead atoms. The molecule has 0 spiro atoms. The monoisotopic (exact) mass is 278 g/mol. The number of rotatable bonds is 5. The van der Waals surface area contributed by atoms with Gasteiger partial charge in [0.15, 0.2) is 0 Å². The van der Waals surface area contributed by atoms with Gasteiger partial charge in [-0.15, -0.1) is 0 Å². The molecule has 1 atom stereocenters. The lowest BCUT2D eigenvalue weighted by atomic mass is 9.90. The van der Waals surface area contributed by atoms with Crippen molar-refractivity contribution < 1.29 is 14.3 Å². The minimum atomic E-state index is -0.117. The highest BCUT2D eigenvalue weighted by Crippen LogP contribution is 2.22. The molecule has 5 nitrogen and oxygen atoms in total. The highest BCUT2D eigenvalue weighted by atomic mass is 16.5. The summed E-state index contributed by atoms with van der Waals surface area (Å²) in [6.07, 6.45) is 4.54. The summed E-state index contributed by atoms with van der Waals surface area (Å²) < 4.78 is 10.5. The van der Waals surface area contributed by atoms with Crippen LogP contribution in [0.4, 0.5) is 0 Å². The second-order valence-corrected chi connectivity index (χ2v) is 5.00. The summed E-state index contributed by atoms with van der Waals surface area (Å²) in [6, 6.07) is 3.65. The molecule has 1 aliphatic heterocycles. The van der Waals surface area contributed by atoms with Crippen LogP contribution >= 0.6 is 0 Å². The van der Waals surface area contributed by atoms with Crippen LogP contribution in [-0.2, 0) is 4.74 Å². The van der Waals surface area contributed by atoms with E-state index in [0.717, 1.165) is 32.5 Å². The van der Waals surface area contributed by atoms with E-state index >= 15 is 0 Å². The summed E-state index contributed by atoms with van der Waals surface area (Å²) in [5, 5.41) is 3.11. The van der Waals surface area contributed by atoms with Crippen LogP contribution < -0.4 is 10.1 Å². The van der Waals surface area contributed by atoms with Gasteiger partial charge in [0, 0.05) is 25.5 Å². The van der Waals surface area contributed by atoms with Crippen LogP contribution in [0.25, 0.3) is 0 Å². The summed E-state index contributed by atoms with van der Waals surface area (Å²) in [5.74, 6) is 0.737. The molecule has 2 heterocycles. The number of carbonyl (C=O) groups excluding carboxylic acids is 1. The van der Waals surface area contributed by atoms with Crippen molar-refractivity contribution in [1.29, 1.82) is 0 Å². The van der Waals surface area contributed by atoms with Crippen LogP contribution in [0.2, 0.25) is 0 Å². The highest BCUT2D eigenvalue weighted by Gasteiger charge is 2.25. The van der Waals surface area contributed by atoms with Gasteiger partial charge in [0.1, 0.15) is 5.56 Å². The number of carbonyl (C=O) groups is 1. The van der Waals surface area contributed by atoms with E-state index in [-0.39, 0.29) is 11.9 Å². The van der Waals surface area contributed by atoms with Crippen molar-refractivity contribution >= 4 is 5.91 Å². The van der Waals surface area contributed by atoms with Crippen molar-refractivity contribution in [2.75, 3.05) is 20.3 Å². The maximum absolute atomic E-state index is 12.4. The zero-order valence-electron chi connectivity index (χ0n) is 12.1. The molecular formula is C15H22N2O3. The second kappa shape index (κ2) is 7.24. The molecule has 110 valence electrons. The Morgan fingerprint density at radius 3 is 2.95 bits per heavy atom. The van der Waals surface area contributed by atoms with Crippen molar-refractivity contribution in [2.45, 2.75) is 32.2 Å². The number of methoxy groups -OCH3 is 1. The molecule has 1 amide bonds. The summed E-state index contributed by atoms with van der Waals surface area (Å²) >= 11 is 0. The van der Waals surface area contributed by atoms with Gasteiger partial charge in [-0.05, 0) is 37.3 Å². The minimum Gasteiger partial charge on any atom is -0.480 e. The normalized spacial score (nSPS) is 17.5. The third-order valence-electron chi connectivity index (χ3n) is 3.80. The molecule has 0 aromatic carbocycles. The summed E-state index contributed by atoms with van der Waals surface area (Å²) in [4.78, 5) is 16.4. The van der Waals surface area contributed by atoms with Gasteiger partial charge in [0.2, 0.25) is 5.88 Å². The van der Waals surface area contributed by atoms with Gasteiger partial charge in [-0.3, -0.25) is 4.79 Å². The topological polar surface area (TPSA) is 60.5 Å². The Kier molecular flexibility index (Phi) is 5.35. The van der Waals surface area contributed by atoms with Gasteiger partial charge in [-0.1, -0.05) is 6.92 Å². The Bertz CT molecular complexity index is 444. The van der Waals surface area contributed by atoms with E-state index in [1.807, 2.05) is 0 Å². The van der Waals surface area contributed by atoms with E-state index in [1.165, 1.54) is 7.11 Å². The van der Waals surface area contributed by atoms with Gasteiger partial charge < -0.3 is 14.8 Å². The Balaban J connectivity index is 2.04. The molecule has 1 N–H and O–H groups in total. The van der Waals surface area contributed by atoms with Crippen molar-refractivity contribution in [2.24, 2.45) is 5.92 Å². The van der Waals surface area contributed by atoms with Crippen molar-refractivity contribution in [3.63, 3.8) is 0 Å². The number of nitrogens with zero attached hydrogens (tertiary/aromatic N) is 1. The predicted molar refractivity (Wildman–Crippen MR) is 75.9 cm³/mol. The number of pyridine rings is 1. The first-order valence-corrected chi connectivity index (χ1v) is 7.13. The van der Waals surface area contributed by atoms with Crippen LogP contribution in [0.5, 0.6) is 5.88 Å². The summed E-state index contributed by atoms with van der Waals surface area (Å²) in [7, 11) is 1.52. The fourth-order valence-electron chi connectivity index (χ4n) is 2.64. The standard InChI is InChI=1S/C15H22N2O3/c1-3-13(11-6-9-20-10-7-11)17-14(18)12-5-4-8-16-15(12)19-2/h4-5,8,11,13H,3,6-7,9-10H2,1-2H3,(H,17,18)/t13-/m0/s1. The first-order valence-electron chi connectivity index (χ1n) is 7.13. The summed E-state index contributed by atoms with van der Waals surface area (Å²) in [5.41, 5.74) is 0.487. The average Bonchev–Trinajstić information content (AvgIpc) is 2.53. The van der Waals surface area contributed by atoms with E-state index in [1.54, 1.807) is 18.3 Å². The fraction of sp³-hybridized carbons (Fsp3) is 0.600. The molecule has 0 radical (unpaired) electrons. The van der Waals surface area contributed by atoms with E-state index in [9.17, 15) is 4.79 Å². The highest BCUT2D eigenvalue weighted by molar-refractivity contribution is 5.96. The van der Waals surface area contributed by atoms with Crippen LogP contribution in [0.3, 0.4) is 0 Å². The maximum atomic E-state index is 12.4. The third-order valence-corrected chi connectivity index (χ3v) is 3.80. The van der Waals surface area contributed by atoms with E-state index in [0.29, 0.717) is 17.4 Å². The lowest BCUT2D eigenvalue weighted by Crippen LogP contribution is -2.42. The molecule has 1 aromatic rings. The van der Waals surface area contributed by atoms with E-state index < -0.39 is 0 Å². The number of amides is 1. The molecule has 2 rings (SSSR count). The molecule has 0 unspecified atom stereocenters. The molecule has 0 saturated carbocycles. The van der Waals surface area contributed by atoms with Gasteiger partial charge >= 0.3 is 0 Å². The zero-order valence-corrected chi connectivity index (χ0v) is 12.1. The minimum absolute atomic E-state index is 0.117. The molecule has 5 heteroatoms. The number of aromatic nitrogens is 1. The van der Waals surface area contributed by atoms with Crippen LogP contribution in [0.1, 0.15) is 36.5 Å². The Morgan fingerprint density at radius 1 is 1.55 bits per heavy atom. The SMILES string of the molecule is CC[C@H](NC(=O)c1cccnc1OC)C1CCOCC1. The second-order valence-electron chi connectivity index (χ2n) is 5.00. The molecule has 0 aliphatic carbocycles.